The molecule has 0 spiro atoms. The molecule has 4 aromatic rings. The molecule has 0 bridgehead atoms. The lowest BCUT2D eigenvalue weighted by Crippen LogP contribution is -2.35. The van der Waals surface area contributed by atoms with Gasteiger partial charge in [0.2, 0.25) is 5.91 Å². The van der Waals surface area contributed by atoms with E-state index in [9.17, 15) is 4.79 Å². The number of amides is 1. The van der Waals surface area contributed by atoms with Crippen LogP contribution in [0.25, 0.3) is 31.9 Å². The molecule has 0 aliphatic carbocycles. The molecule has 5 rings (SSSR count). The summed E-state index contributed by atoms with van der Waals surface area (Å²) in [7, 11) is 1.65. The molecule has 1 amide bonds. The van der Waals surface area contributed by atoms with Gasteiger partial charge in [-0.3, -0.25) is 15.1 Å². The second-order valence-electron chi connectivity index (χ2n) is 9.22. The fourth-order valence-electron chi connectivity index (χ4n) is 4.63. The molecule has 1 aliphatic heterocycles. The van der Waals surface area contributed by atoms with E-state index in [2.05, 4.69) is 59.0 Å². The number of nitrogens with zero attached hydrogens (tertiary/aromatic N) is 2. The Hall–Kier alpha value is -2.69. The number of thiazole rings is 1. The molecule has 3 N–H and O–H groups in total. The number of rotatable bonds is 8. The summed E-state index contributed by atoms with van der Waals surface area (Å²) in [5.74, 6) is -0.0146. The van der Waals surface area contributed by atoms with Gasteiger partial charge in [-0.2, -0.15) is 0 Å². The average Bonchev–Trinajstić information content (AvgIpc) is 3.44. The third-order valence-electron chi connectivity index (χ3n) is 6.46. The van der Waals surface area contributed by atoms with Gasteiger partial charge in [-0.15, -0.1) is 22.7 Å². The van der Waals surface area contributed by atoms with Gasteiger partial charge in [-0.25, -0.2) is 4.98 Å². The zero-order valence-electron chi connectivity index (χ0n) is 20.9. The zero-order chi connectivity index (χ0) is 25.2. The molecule has 4 heterocycles. The lowest BCUT2D eigenvalue weighted by Gasteiger charge is -2.26. The van der Waals surface area contributed by atoms with Crippen LogP contribution in [0.3, 0.4) is 0 Å². The van der Waals surface area contributed by atoms with Gasteiger partial charge < -0.3 is 15.4 Å². The van der Waals surface area contributed by atoms with Crippen molar-refractivity contribution in [3.8, 4) is 21.7 Å². The molecule has 188 valence electrons. The SMILES string of the molecule is COC(C)NCCC(=O)Nc1sc2c(c1-c1nc3cc(-c4cccnc4)ccc3s1)CC(C)NC2C. The lowest BCUT2D eigenvalue weighted by molar-refractivity contribution is -0.116. The van der Waals surface area contributed by atoms with Gasteiger partial charge in [0, 0.05) is 60.6 Å². The van der Waals surface area contributed by atoms with Crippen LogP contribution in [0.1, 0.15) is 43.7 Å². The van der Waals surface area contributed by atoms with E-state index >= 15 is 0 Å². The zero-order valence-corrected chi connectivity index (χ0v) is 22.6. The quantitative estimate of drug-likeness (QED) is 0.262. The third kappa shape index (κ3) is 5.21. The number of pyridine rings is 1. The van der Waals surface area contributed by atoms with E-state index in [-0.39, 0.29) is 18.2 Å². The summed E-state index contributed by atoms with van der Waals surface area (Å²) in [4.78, 5) is 23.5. The van der Waals surface area contributed by atoms with Crippen LogP contribution < -0.4 is 16.0 Å². The van der Waals surface area contributed by atoms with E-state index < -0.39 is 0 Å². The number of methoxy groups -OCH3 is 1. The molecular weight excluding hydrogens is 490 g/mol. The Balaban J connectivity index is 1.50. The fourth-order valence-corrected chi connectivity index (χ4v) is 6.98. The van der Waals surface area contributed by atoms with E-state index in [1.165, 1.54) is 10.4 Å². The Morgan fingerprint density at radius 1 is 1.25 bits per heavy atom. The minimum absolute atomic E-state index is 0.0146. The summed E-state index contributed by atoms with van der Waals surface area (Å²) >= 11 is 3.35. The van der Waals surface area contributed by atoms with Crippen LogP contribution in [0.15, 0.2) is 42.7 Å². The Bertz CT molecular complexity index is 1370. The maximum Gasteiger partial charge on any atom is 0.226 e. The number of hydrogen-bond donors (Lipinski definition) is 3. The third-order valence-corrected chi connectivity index (χ3v) is 8.85. The standard InChI is InChI=1S/C27H31N5O2S2/c1-15-12-20-24(26-31-21-13-18(7-8-22(21)35-26)19-6-5-10-28-14-19)27(36-25(20)16(2)30-15)32-23(33)9-11-29-17(3)34-4/h5-8,10,13-17,29-30H,9,11-12H2,1-4H3,(H,32,33). The summed E-state index contributed by atoms with van der Waals surface area (Å²) in [5.41, 5.74) is 5.50. The summed E-state index contributed by atoms with van der Waals surface area (Å²) < 4.78 is 6.34. The molecule has 3 unspecified atom stereocenters. The van der Waals surface area contributed by atoms with Crippen LogP contribution >= 0.6 is 22.7 Å². The molecule has 9 heteroatoms. The smallest absolute Gasteiger partial charge is 0.226 e. The number of ether oxygens (including phenoxy) is 1. The van der Waals surface area contributed by atoms with Crippen molar-refractivity contribution >= 4 is 43.8 Å². The van der Waals surface area contributed by atoms with E-state index in [0.29, 0.717) is 19.0 Å². The van der Waals surface area contributed by atoms with Crippen molar-refractivity contribution in [3.05, 3.63) is 53.2 Å². The van der Waals surface area contributed by atoms with Crippen LogP contribution in [0.5, 0.6) is 0 Å². The van der Waals surface area contributed by atoms with Gasteiger partial charge in [-0.1, -0.05) is 12.1 Å². The van der Waals surface area contributed by atoms with Crippen molar-refractivity contribution in [2.75, 3.05) is 19.0 Å². The number of nitrogens with one attached hydrogen (secondary N) is 3. The largest absolute Gasteiger partial charge is 0.367 e. The molecule has 3 aromatic heterocycles. The molecule has 7 nitrogen and oxygen atoms in total. The minimum Gasteiger partial charge on any atom is -0.367 e. The lowest BCUT2D eigenvalue weighted by atomic mass is 9.95. The first-order valence-corrected chi connectivity index (χ1v) is 13.8. The monoisotopic (exact) mass is 521 g/mol. The van der Waals surface area contributed by atoms with E-state index in [1.807, 2.05) is 19.2 Å². The molecule has 0 saturated carbocycles. The summed E-state index contributed by atoms with van der Waals surface area (Å²) in [5, 5.41) is 11.9. The first-order chi connectivity index (χ1) is 17.4. The topological polar surface area (TPSA) is 88.2 Å². The van der Waals surface area contributed by atoms with Crippen LogP contribution in [-0.2, 0) is 16.0 Å². The molecule has 1 aliphatic rings. The predicted molar refractivity (Wildman–Crippen MR) is 149 cm³/mol. The van der Waals surface area contributed by atoms with Gasteiger partial charge in [0.1, 0.15) is 16.2 Å². The van der Waals surface area contributed by atoms with Crippen molar-refractivity contribution in [1.82, 2.24) is 20.6 Å². The van der Waals surface area contributed by atoms with E-state index in [0.717, 1.165) is 43.3 Å². The number of aromatic nitrogens is 2. The molecule has 0 saturated heterocycles. The van der Waals surface area contributed by atoms with Gasteiger partial charge in [0.05, 0.1) is 10.2 Å². The minimum atomic E-state index is -0.0878. The second-order valence-corrected chi connectivity index (χ2v) is 11.3. The number of thiophene rings is 1. The second kappa shape index (κ2) is 10.7. The van der Waals surface area contributed by atoms with E-state index in [1.54, 1.807) is 36.0 Å². The fraction of sp³-hybridized carbons (Fsp3) is 0.370. The first-order valence-electron chi connectivity index (χ1n) is 12.2. The van der Waals surface area contributed by atoms with Crippen molar-refractivity contribution in [2.45, 2.75) is 51.9 Å². The van der Waals surface area contributed by atoms with Crippen molar-refractivity contribution in [1.29, 1.82) is 0 Å². The highest BCUT2D eigenvalue weighted by atomic mass is 32.1. The van der Waals surface area contributed by atoms with Gasteiger partial charge in [-0.05, 0) is 56.5 Å². The highest BCUT2D eigenvalue weighted by Gasteiger charge is 2.30. The number of carbonyl (C=O) groups excluding carboxylic acids is 1. The molecule has 1 aromatic carbocycles. The van der Waals surface area contributed by atoms with Gasteiger partial charge in [0.15, 0.2) is 0 Å². The van der Waals surface area contributed by atoms with Crippen LogP contribution in [0.4, 0.5) is 5.00 Å². The normalized spacial score (nSPS) is 18.2. The predicted octanol–water partition coefficient (Wildman–Crippen LogP) is 5.59. The van der Waals surface area contributed by atoms with Crippen LogP contribution in [0, 0.1) is 0 Å². The number of fused-ring (bicyclic) bond motifs is 2. The average molecular weight is 522 g/mol. The van der Waals surface area contributed by atoms with Crippen LogP contribution in [0.2, 0.25) is 0 Å². The maximum absolute atomic E-state index is 12.9. The molecule has 36 heavy (non-hydrogen) atoms. The number of benzene rings is 1. The highest BCUT2D eigenvalue weighted by Crippen LogP contribution is 2.47. The Morgan fingerprint density at radius 2 is 2.11 bits per heavy atom. The van der Waals surface area contributed by atoms with Gasteiger partial charge >= 0.3 is 0 Å². The number of carbonyl (C=O) groups is 1. The Labute approximate surface area is 219 Å². The Morgan fingerprint density at radius 3 is 2.89 bits per heavy atom. The maximum atomic E-state index is 12.9. The molecule has 3 atom stereocenters. The van der Waals surface area contributed by atoms with Crippen molar-refractivity contribution in [3.63, 3.8) is 0 Å². The van der Waals surface area contributed by atoms with Crippen molar-refractivity contribution < 1.29 is 9.53 Å². The Kier molecular flexibility index (Phi) is 7.45. The molecular formula is C27H31N5O2S2. The number of anilines is 1. The molecule has 0 radical (unpaired) electrons. The first kappa shape index (κ1) is 25.0. The van der Waals surface area contributed by atoms with Gasteiger partial charge in [0.25, 0.3) is 0 Å². The summed E-state index contributed by atoms with van der Waals surface area (Å²) in [6.45, 7) is 6.87. The molecule has 0 fully saturated rings. The van der Waals surface area contributed by atoms with Crippen LogP contribution in [-0.4, -0.2) is 41.8 Å². The number of hydrogen-bond acceptors (Lipinski definition) is 8. The van der Waals surface area contributed by atoms with Crippen molar-refractivity contribution in [2.24, 2.45) is 0 Å². The summed E-state index contributed by atoms with van der Waals surface area (Å²) in [6.07, 6.45) is 4.84. The highest BCUT2D eigenvalue weighted by molar-refractivity contribution is 7.23. The summed E-state index contributed by atoms with van der Waals surface area (Å²) in [6, 6.07) is 11.0. The van der Waals surface area contributed by atoms with E-state index in [4.69, 9.17) is 9.72 Å².